The van der Waals surface area contributed by atoms with E-state index in [0.29, 0.717) is 26.2 Å². The van der Waals surface area contributed by atoms with E-state index in [4.69, 9.17) is 15.1 Å². The lowest BCUT2D eigenvalue weighted by Crippen LogP contribution is -2.47. The van der Waals surface area contributed by atoms with Crippen LogP contribution >= 0.6 is 0 Å². The minimum Gasteiger partial charge on any atom is -0.481 e. The maximum atomic E-state index is 11.5. The van der Waals surface area contributed by atoms with Crippen molar-refractivity contribution in [2.24, 2.45) is 0 Å². The third-order valence-corrected chi connectivity index (χ3v) is 2.59. The van der Waals surface area contributed by atoms with E-state index in [1.54, 1.807) is 0 Å². The summed E-state index contributed by atoms with van der Waals surface area (Å²) in [7, 11) is 0. The van der Waals surface area contributed by atoms with Gasteiger partial charge in [-0.1, -0.05) is 0 Å². The molecule has 9 nitrogen and oxygen atoms in total. The lowest BCUT2D eigenvalue weighted by molar-refractivity contribution is -0.200. The Kier molecular flexibility index (Phi) is 5.21. The summed E-state index contributed by atoms with van der Waals surface area (Å²) in [5.74, 6) is -4.26. The predicted octanol–water partition coefficient (Wildman–Crippen LogP) is -1.97. The first-order chi connectivity index (χ1) is 8.83. The molecule has 1 saturated heterocycles. The zero-order valence-corrected chi connectivity index (χ0v) is 10.2. The van der Waals surface area contributed by atoms with Crippen LogP contribution in [0.2, 0.25) is 0 Å². The van der Waals surface area contributed by atoms with Gasteiger partial charge in [0.15, 0.2) is 5.60 Å². The first kappa shape index (κ1) is 15.3. The van der Waals surface area contributed by atoms with Crippen LogP contribution < -0.4 is 5.32 Å². The SMILES string of the molecule is O=C(O)CC(O)(CC(=O)ON1CCNCC1)C(=O)O. The van der Waals surface area contributed by atoms with Crippen LogP contribution in [-0.2, 0) is 19.2 Å². The summed E-state index contributed by atoms with van der Waals surface area (Å²) in [6.07, 6.45) is -1.99. The minimum atomic E-state index is -2.66. The molecule has 1 atom stereocenters. The molecule has 1 aliphatic heterocycles. The number of carboxylic acid groups (broad SMARTS) is 2. The Labute approximate surface area is 108 Å². The number of nitrogens with one attached hydrogen (secondary N) is 1. The maximum absolute atomic E-state index is 11.5. The molecule has 1 rings (SSSR count). The number of carboxylic acids is 2. The van der Waals surface area contributed by atoms with Crippen LogP contribution in [0, 0.1) is 0 Å². The highest BCUT2D eigenvalue weighted by atomic mass is 16.7. The van der Waals surface area contributed by atoms with E-state index >= 15 is 0 Å². The summed E-state index contributed by atoms with van der Waals surface area (Å²) in [4.78, 5) is 37.7. The van der Waals surface area contributed by atoms with E-state index in [9.17, 15) is 19.5 Å². The first-order valence-electron chi connectivity index (χ1n) is 5.67. The second-order valence-corrected chi connectivity index (χ2v) is 4.23. The largest absolute Gasteiger partial charge is 0.481 e. The molecule has 108 valence electrons. The third kappa shape index (κ3) is 4.81. The number of carbonyl (C=O) groups is 3. The van der Waals surface area contributed by atoms with Gasteiger partial charge in [0.1, 0.15) is 0 Å². The molecule has 0 amide bonds. The number of rotatable bonds is 6. The Hall–Kier alpha value is -1.71. The van der Waals surface area contributed by atoms with Gasteiger partial charge in [-0.05, 0) is 0 Å². The van der Waals surface area contributed by atoms with Gasteiger partial charge in [0.2, 0.25) is 0 Å². The van der Waals surface area contributed by atoms with Crippen LogP contribution in [0.4, 0.5) is 0 Å². The van der Waals surface area contributed by atoms with Crippen LogP contribution in [-0.4, -0.2) is 70.1 Å². The van der Waals surface area contributed by atoms with Crippen molar-refractivity contribution in [3.8, 4) is 0 Å². The van der Waals surface area contributed by atoms with E-state index in [1.807, 2.05) is 0 Å². The van der Waals surface area contributed by atoms with E-state index < -0.39 is 36.4 Å². The molecule has 0 aromatic carbocycles. The highest BCUT2D eigenvalue weighted by Crippen LogP contribution is 2.17. The smallest absolute Gasteiger partial charge is 0.336 e. The van der Waals surface area contributed by atoms with Crippen LogP contribution in [0.25, 0.3) is 0 Å². The van der Waals surface area contributed by atoms with Gasteiger partial charge < -0.3 is 25.5 Å². The topological polar surface area (TPSA) is 136 Å². The summed E-state index contributed by atoms with van der Waals surface area (Å²) in [6, 6.07) is 0. The fourth-order valence-corrected chi connectivity index (χ4v) is 1.61. The van der Waals surface area contributed by atoms with Crippen molar-refractivity contribution in [2.75, 3.05) is 26.2 Å². The molecular formula is C10H16N2O7. The molecule has 0 aromatic heterocycles. The van der Waals surface area contributed by atoms with Crippen molar-refractivity contribution in [3.63, 3.8) is 0 Å². The van der Waals surface area contributed by atoms with Gasteiger partial charge >= 0.3 is 17.9 Å². The summed E-state index contributed by atoms with van der Waals surface area (Å²) in [5, 5.41) is 31.3. The monoisotopic (exact) mass is 276 g/mol. The van der Waals surface area contributed by atoms with E-state index in [2.05, 4.69) is 5.32 Å². The zero-order valence-electron chi connectivity index (χ0n) is 10.2. The Balaban J connectivity index is 2.55. The molecule has 9 heteroatoms. The normalized spacial score (nSPS) is 19.4. The van der Waals surface area contributed by atoms with Crippen LogP contribution in [0.3, 0.4) is 0 Å². The molecule has 19 heavy (non-hydrogen) atoms. The molecule has 0 saturated carbocycles. The Morgan fingerprint density at radius 3 is 2.21 bits per heavy atom. The second kappa shape index (κ2) is 6.45. The number of aliphatic hydroxyl groups is 1. The average Bonchev–Trinajstić information content (AvgIpc) is 2.28. The minimum absolute atomic E-state index is 0.441. The highest BCUT2D eigenvalue weighted by Gasteiger charge is 2.41. The zero-order chi connectivity index (χ0) is 14.5. The van der Waals surface area contributed by atoms with E-state index in [1.165, 1.54) is 5.06 Å². The van der Waals surface area contributed by atoms with Crippen molar-refractivity contribution >= 4 is 17.9 Å². The van der Waals surface area contributed by atoms with Crippen LogP contribution in [0.5, 0.6) is 0 Å². The molecule has 4 N–H and O–H groups in total. The number of hydrogen-bond acceptors (Lipinski definition) is 7. The van der Waals surface area contributed by atoms with Gasteiger partial charge in [0.05, 0.1) is 12.8 Å². The predicted molar refractivity (Wildman–Crippen MR) is 60.0 cm³/mol. The molecule has 0 radical (unpaired) electrons. The fraction of sp³-hybridized carbons (Fsp3) is 0.700. The van der Waals surface area contributed by atoms with Crippen molar-refractivity contribution in [1.82, 2.24) is 10.4 Å². The number of piperazine rings is 1. The molecule has 1 aliphatic rings. The van der Waals surface area contributed by atoms with Gasteiger partial charge in [-0.25, -0.2) is 4.79 Å². The number of aliphatic carboxylic acids is 2. The van der Waals surface area contributed by atoms with Crippen molar-refractivity contribution in [2.45, 2.75) is 18.4 Å². The summed E-state index contributed by atoms with van der Waals surface area (Å²) in [6.45, 7) is 2.11. The lowest BCUT2D eigenvalue weighted by atomic mass is 9.96. The van der Waals surface area contributed by atoms with Crippen molar-refractivity contribution < 1.29 is 34.5 Å². The second-order valence-electron chi connectivity index (χ2n) is 4.23. The lowest BCUT2D eigenvalue weighted by Gasteiger charge is -2.27. The molecular weight excluding hydrogens is 260 g/mol. The average molecular weight is 276 g/mol. The maximum Gasteiger partial charge on any atom is 0.336 e. The van der Waals surface area contributed by atoms with Crippen molar-refractivity contribution in [3.05, 3.63) is 0 Å². The standard InChI is InChI=1S/C10H16N2O7/c13-7(14)5-10(18,9(16)17)6-8(15)19-12-3-1-11-2-4-12/h11,18H,1-6H2,(H,13,14)(H,16,17). The summed E-state index contributed by atoms with van der Waals surface area (Å²) < 4.78 is 0. The number of hydrogen-bond donors (Lipinski definition) is 4. The summed E-state index contributed by atoms with van der Waals surface area (Å²) in [5.41, 5.74) is -2.66. The summed E-state index contributed by atoms with van der Waals surface area (Å²) >= 11 is 0. The van der Waals surface area contributed by atoms with E-state index in [-0.39, 0.29) is 0 Å². The molecule has 0 aliphatic carbocycles. The van der Waals surface area contributed by atoms with Gasteiger partial charge in [-0.2, -0.15) is 0 Å². The fourth-order valence-electron chi connectivity index (χ4n) is 1.61. The number of nitrogens with zero attached hydrogens (tertiary/aromatic N) is 1. The molecule has 1 unspecified atom stereocenters. The highest BCUT2D eigenvalue weighted by molar-refractivity contribution is 5.88. The quantitative estimate of drug-likeness (QED) is 0.435. The molecule has 0 spiro atoms. The van der Waals surface area contributed by atoms with Crippen molar-refractivity contribution in [1.29, 1.82) is 0 Å². The van der Waals surface area contributed by atoms with Crippen LogP contribution in [0.15, 0.2) is 0 Å². The molecule has 1 fully saturated rings. The molecule has 1 heterocycles. The number of carbonyl (C=O) groups excluding carboxylic acids is 1. The first-order valence-corrected chi connectivity index (χ1v) is 5.67. The molecule has 0 bridgehead atoms. The van der Waals surface area contributed by atoms with E-state index in [0.717, 1.165) is 0 Å². The van der Waals surface area contributed by atoms with Gasteiger partial charge in [-0.3, -0.25) is 9.59 Å². The Morgan fingerprint density at radius 2 is 1.74 bits per heavy atom. The Bertz CT molecular complexity index is 367. The third-order valence-electron chi connectivity index (χ3n) is 2.59. The van der Waals surface area contributed by atoms with Crippen LogP contribution in [0.1, 0.15) is 12.8 Å². The molecule has 0 aromatic rings. The number of hydroxylamine groups is 2. The van der Waals surface area contributed by atoms with Gasteiger partial charge in [0.25, 0.3) is 0 Å². The van der Waals surface area contributed by atoms with Gasteiger partial charge in [-0.15, -0.1) is 5.06 Å². The van der Waals surface area contributed by atoms with Gasteiger partial charge in [0, 0.05) is 26.2 Å². The Morgan fingerprint density at radius 1 is 1.16 bits per heavy atom.